The molecule has 1 aromatic rings. The zero-order valence-corrected chi connectivity index (χ0v) is 12.8. The molecule has 5 heteroatoms. The van der Waals surface area contributed by atoms with E-state index in [1.807, 2.05) is 6.92 Å². The zero-order valence-electron chi connectivity index (χ0n) is 12.8. The number of aromatic nitrogens is 2. The van der Waals surface area contributed by atoms with Gasteiger partial charge in [0.05, 0.1) is 18.4 Å². The van der Waals surface area contributed by atoms with Gasteiger partial charge in [0.1, 0.15) is 0 Å². The first-order valence-corrected chi connectivity index (χ1v) is 7.78. The van der Waals surface area contributed by atoms with Crippen LogP contribution in [0.25, 0.3) is 0 Å². The monoisotopic (exact) mass is 278 g/mol. The highest BCUT2D eigenvalue weighted by Crippen LogP contribution is 2.23. The Morgan fingerprint density at radius 1 is 1.50 bits per heavy atom. The minimum atomic E-state index is 0.280. The van der Waals surface area contributed by atoms with Crippen LogP contribution in [0.5, 0.6) is 0 Å². The van der Waals surface area contributed by atoms with Crippen molar-refractivity contribution in [2.24, 2.45) is 0 Å². The molecule has 2 fully saturated rings. The van der Waals surface area contributed by atoms with Gasteiger partial charge in [-0.2, -0.15) is 0 Å². The lowest BCUT2D eigenvalue weighted by molar-refractivity contribution is -0.0416. The van der Waals surface area contributed by atoms with Crippen molar-refractivity contribution >= 4 is 5.95 Å². The summed E-state index contributed by atoms with van der Waals surface area (Å²) in [6.07, 6.45) is 5.01. The van der Waals surface area contributed by atoms with Crippen molar-refractivity contribution in [2.75, 3.05) is 31.6 Å². The number of imidazole rings is 1. The number of ether oxygens (including phenoxy) is 1. The Morgan fingerprint density at radius 2 is 2.35 bits per heavy atom. The maximum absolute atomic E-state index is 5.98. The molecule has 3 heterocycles. The molecule has 2 atom stereocenters. The van der Waals surface area contributed by atoms with Crippen LogP contribution in [0, 0.1) is 6.92 Å². The van der Waals surface area contributed by atoms with E-state index in [0.29, 0.717) is 12.1 Å². The topological polar surface area (TPSA) is 42.3 Å². The standard InChI is InChI=1S/C15H26N4O/c1-11(2)19-8-12(3)17-15(19)16-7-14-9-18-6-4-5-13(18)10-20-14/h8,11,13-14H,4-7,9-10H2,1-3H3,(H,16,17). The predicted molar refractivity (Wildman–Crippen MR) is 80.2 cm³/mol. The minimum absolute atomic E-state index is 0.280. The fourth-order valence-electron chi connectivity index (χ4n) is 3.25. The third kappa shape index (κ3) is 2.83. The maximum Gasteiger partial charge on any atom is 0.203 e. The second-order valence-electron chi connectivity index (χ2n) is 6.33. The van der Waals surface area contributed by atoms with E-state index in [1.165, 1.54) is 19.4 Å². The number of nitrogens with zero attached hydrogens (tertiary/aromatic N) is 3. The Bertz CT molecular complexity index is 457. The molecule has 1 N–H and O–H groups in total. The third-order valence-corrected chi connectivity index (χ3v) is 4.36. The normalized spacial score (nSPS) is 27.0. The number of anilines is 1. The van der Waals surface area contributed by atoms with Crippen molar-refractivity contribution in [1.29, 1.82) is 0 Å². The van der Waals surface area contributed by atoms with E-state index < -0.39 is 0 Å². The molecular weight excluding hydrogens is 252 g/mol. The summed E-state index contributed by atoms with van der Waals surface area (Å²) in [6, 6.07) is 1.10. The van der Waals surface area contributed by atoms with Gasteiger partial charge in [0.25, 0.3) is 0 Å². The SMILES string of the molecule is Cc1cn(C(C)C)c(NCC2CN3CCCC3CO2)n1. The molecule has 0 spiro atoms. The Labute approximate surface area is 121 Å². The molecule has 3 rings (SSSR count). The van der Waals surface area contributed by atoms with E-state index in [0.717, 1.165) is 31.3 Å². The summed E-state index contributed by atoms with van der Waals surface area (Å²) in [5.74, 6) is 0.963. The van der Waals surface area contributed by atoms with Crippen LogP contribution < -0.4 is 5.32 Å². The summed E-state index contributed by atoms with van der Waals surface area (Å²) in [4.78, 5) is 7.14. The van der Waals surface area contributed by atoms with E-state index in [4.69, 9.17) is 4.74 Å². The first kappa shape index (κ1) is 13.9. The van der Waals surface area contributed by atoms with E-state index in [2.05, 4.69) is 39.8 Å². The molecule has 2 aliphatic heterocycles. The van der Waals surface area contributed by atoms with Crippen LogP contribution >= 0.6 is 0 Å². The van der Waals surface area contributed by atoms with Crippen molar-refractivity contribution in [3.05, 3.63) is 11.9 Å². The highest BCUT2D eigenvalue weighted by atomic mass is 16.5. The highest BCUT2D eigenvalue weighted by Gasteiger charge is 2.32. The van der Waals surface area contributed by atoms with Crippen LogP contribution in [0.15, 0.2) is 6.20 Å². The van der Waals surface area contributed by atoms with Gasteiger partial charge in [-0.1, -0.05) is 0 Å². The fourth-order valence-corrected chi connectivity index (χ4v) is 3.25. The summed E-state index contributed by atoms with van der Waals surface area (Å²) in [6.45, 7) is 10.4. The van der Waals surface area contributed by atoms with Crippen molar-refractivity contribution in [2.45, 2.75) is 51.8 Å². The molecule has 0 radical (unpaired) electrons. The van der Waals surface area contributed by atoms with Crippen LogP contribution in [0.1, 0.15) is 38.4 Å². The highest BCUT2D eigenvalue weighted by molar-refractivity contribution is 5.29. The quantitative estimate of drug-likeness (QED) is 0.915. The summed E-state index contributed by atoms with van der Waals surface area (Å²) in [5, 5.41) is 3.47. The van der Waals surface area contributed by atoms with Crippen LogP contribution in [-0.2, 0) is 4.74 Å². The third-order valence-electron chi connectivity index (χ3n) is 4.36. The molecule has 0 saturated carbocycles. The van der Waals surface area contributed by atoms with Gasteiger partial charge in [-0.05, 0) is 40.2 Å². The summed E-state index contributed by atoms with van der Waals surface area (Å²) in [7, 11) is 0. The Balaban J connectivity index is 1.57. The van der Waals surface area contributed by atoms with Crippen LogP contribution in [0.4, 0.5) is 5.95 Å². The molecule has 0 aromatic carbocycles. The van der Waals surface area contributed by atoms with Gasteiger partial charge < -0.3 is 14.6 Å². The van der Waals surface area contributed by atoms with Gasteiger partial charge in [-0.25, -0.2) is 4.98 Å². The molecule has 1 aromatic heterocycles. The Morgan fingerprint density at radius 3 is 3.15 bits per heavy atom. The number of rotatable bonds is 4. The second-order valence-corrected chi connectivity index (χ2v) is 6.33. The first-order valence-electron chi connectivity index (χ1n) is 7.78. The summed E-state index contributed by atoms with van der Waals surface area (Å²) >= 11 is 0. The molecule has 2 unspecified atom stereocenters. The maximum atomic E-state index is 5.98. The van der Waals surface area contributed by atoms with E-state index in [-0.39, 0.29) is 6.10 Å². The lowest BCUT2D eigenvalue weighted by Crippen LogP contribution is -2.48. The van der Waals surface area contributed by atoms with Gasteiger partial charge in [0, 0.05) is 31.4 Å². The van der Waals surface area contributed by atoms with Crippen molar-refractivity contribution < 1.29 is 4.74 Å². The molecule has 2 saturated heterocycles. The van der Waals surface area contributed by atoms with E-state index in [9.17, 15) is 0 Å². The summed E-state index contributed by atoms with van der Waals surface area (Å²) < 4.78 is 8.17. The Hall–Kier alpha value is -1.07. The van der Waals surface area contributed by atoms with Crippen molar-refractivity contribution in [3.8, 4) is 0 Å². The smallest absolute Gasteiger partial charge is 0.203 e. The molecule has 0 aliphatic carbocycles. The number of aryl methyl sites for hydroxylation is 1. The average molecular weight is 278 g/mol. The van der Waals surface area contributed by atoms with E-state index >= 15 is 0 Å². The fraction of sp³-hybridized carbons (Fsp3) is 0.800. The number of hydrogen-bond acceptors (Lipinski definition) is 4. The minimum Gasteiger partial charge on any atom is -0.373 e. The van der Waals surface area contributed by atoms with E-state index in [1.54, 1.807) is 0 Å². The number of nitrogens with one attached hydrogen (secondary N) is 1. The van der Waals surface area contributed by atoms with Crippen LogP contribution in [-0.4, -0.2) is 52.8 Å². The lowest BCUT2D eigenvalue weighted by atomic mass is 10.2. The number of fused-ring (bicyclic) bond motifs is 1. The van der Waals surface area contributed by atoms with Crippen molar-refractivity contribution in [1.82, 2.24) is 14.5 Å². The predicted octanol–water partition coefficient (Wildman–Crippen LogP) is 2.05. The molecule has 5 nitrogen and oxygen atoms in total. The zero-order chi connectivity index (χ0) is 14.1. The first-order chi connectivity index (χ1) is 9.63. The Kier molecular flexibility index (Phi) is 3.98. The average Bonchev–Trinajstić information content (AvgIpc) is 3.01. The van der Waals surface area contributed by atoms with Gasteiger partial charge in [-0.15, -0.1) is 0 Å². The van der Waals surface area contributed by atoms with Crippen LogP contribution in [0.3, 0.4) is 0 Å². The molecule has 0 bridgehead atoms. The summed E-state index contributed by atoms with van der Waals surface area (Å²) in [5.41, 5.74) is 1.06. The van der Waals surface area contributed by atoms with Gasteiger partial charge >= 0.3 is 0 Å². The van der Waals surface area contributed by atoms with Crippen LogP contribution in [0.2, 0.25) is 0 Å². The molecule has 112 valence electrons. The van der Waals surface area contributed by atoms with Crippen molar-refractivity contribution in [3.63, 3.8) is 0 Å². The lowest BCUT2D eigenvalue weighted by Gasteiger charge is -2.35. The van der Waals surface area contributed by atoms with Gasteiger partial charge in [0.2, 0.25) is 5.95 Å². The molecule has 0 amide bonds. The number of morpholine rings is 1. The largest absolute Gasteiger partial charge is 0.373 e. The second kappa shape index (κ2) is 5.74. The number of hydrogen-bond donors (Lipinski definition) is 1. The molecular formula is C15H26N4O. The molecule has 20 heavy (non-hydrogen) atoms. The molecule has 2 aliphatic rings. The van der Waals surface area contributed by atoms with Gasteiger partial charge in [0.15, 0.2) is 0 Å². The van der Waals surface area contributed by atoms with Gasteiger partial charge in [-0.3, -0.25) is 4.90 Å².